The van der Waals surface area contributed by atoms with Crippen molar-refractivity contribution in [3.63, 3.8) is 0 Å². The number of hydrogen-bond donors (Lipinski definition) is 0. The minimum atomic E-state index is -3.42. The lowest BCUT2D eigenvalue weighted by Crippen LogP contribution is -2.04. The number of methoxy groups -OCH3 is 1. The highest BCUT2D eigenvalue weighted by Crippen LogP contribution is 2.33. The monoisotopic (exact) mass is 396 g/mol. The maximum Gasteiger partial charge on any atom is 0.176 e. The lowest BCUT2D eigenvalue weighted by atomic mass is 10.1. The van der Waals surface area contributed by atoms with Crippen LogP contribution in [0.3, 0.4) is 0 Å². The van der Waals surface area contributed by atoms with Crippen molar-refractivity contribution in [3.05, 3.63) is 58.7 Å². The highest BCUT2D eigenvalue weighted by atomic mass is 35.5. The molecule has 0 aliphatic rings. The van der Waals surface area contributed by atoms with Crippen molar-refractivity contribution in [1.82, 2.24) is 9.78 Å². The van der Waals surface area contributed by atoms with Gasteiger partial charge in [0.05, 0.1) is 28.4 Å². The first-order valence-corrected chi connectivity index (χ1v) is 9.85. The Morgan fingerprint density at radius 2 is 1.80 bits per heavy atom. The first-order chi connectivity index (χ1) is 11.8. The van der Waals surface area contributed by atoms with Gasteiger partial charge in [-0.05, 0) is 24.3 Å². The Labute approximate surface area is 155 Å². The Kier molecular flexibility index (Phi) is 4.77. The maximum atomic E-state index is 12.1. The van der Waals surface area contributed by atoms with Gasteiger partial charge in [-0.3, -0.25) is 0 Å². The lowest BCUT2D eigenvalue weighted by Gasteiger charge is -2.12. The summed E-state index contributed by atoms with van der Waals surface area (Å²) >= 11 is 12.3. The number of sulfone groups is 1. The molecule has 0 saturated heterocycles. The van der Waals surface area contributed by atoms with Gasteiger partial charge in [-0.2, -0.15) is 5.10 Å². The fourth-order valence-electron chi connectivity index (χ4n) is 2.53. The van der Waals surface area contributed by atoms with E-state index in [4.69, 9.17) is 27.9 Å². The van der Waals surface area contributed by atoms with Crippen molar-refractivity contribution in [3.8, 4) is 22.7 Å². The van der Waals surface area contributed by atoms with Gasteiger partial charge in [0.25, 0.3) is 0 Å². The van der Waals surface area contributed by atoms with Crippen LogP contribution in [0.1, 0.15) is 0 Å². The van der Waals surface area contributed by atoms with Crippen molar-refractivity contribution in [2.75, 3.05) is 13.4 Å². The van der Waals surface area contributed by atoms with E-state index >= 15 is 0 Å². The lowest BCUT2D eigenvalue weighted by molar-refractivity contribution is 0.415. The zero-order chi connectivity index (χ0) is 18.2. The molecule has 0 aliphatic carbocycles. The molecule has 5 nitrogen and oxygen atoms in total. The average molecular weight is 397 g/mol. The van der Waals surface area contributed by atoms with E-state index in [0.29, 0.717) is 27.7 Å². The van der Waals surface area contributed by atoms with E-state index in [1.165, 1.54) is 13.4 Å². The van der Waals surface area contributed by atoms with Gasteiger partial charge in [0.2, 0.25) is 0 Å². The SMILES string of the molecule is COc1ccc(-n2nc(Cl)cc2-c2ccccc2S(C)(=O)=O)cc1Cl. The van der Waals surface area contributed by atoms with Gasteiger partial charge in [-0.15, -0.1) is 0 Å². The minimum absolute atomic E-state index is 0.201. The summed E-state index contributed by atoms with van der Waals surface area (Å²) in [5.41, 5.74) is 1.69. The minimum Gasteiger partial charge on any atom is -0.495 e. The van der Waals surface area contributed by atoms with Crippen molar-refractivity contribution < 1.29 is 13.2 Å². The van der Waals surface area contributed by atoms with Crippen LogP contribution in [-0.4, -0.2) is 31.6 Å². The third kappa shape index (κ3) is 3.51. The van der Waals surface area contributed by atoms with E-state index in [9.17, 15) is 8.42 Å². The third-order valence-electron chi connectivity index (χ3n) is 3.62. The van der Waals surface area contributed by atoms with Gasteiger partial charge < -0.3 is 4.74 Å². The fourth-order valence-corrected chi connectivity index (χ4v) is 3.86. The van der Waals surface area contributed by atoms with Crippen LogP contribution in [0.5, 0.6) is 5.75 Å². The number of ether oxygens (including phenoxy) is 1. The van der Waals surface area contributed by atoms with Gasteiger partial charge in [0.1, 0.15) is 5.75 Å². The molecule has 3 aromatic rings. The largest absolute Gasteiger partial charge is 0.495 e. The maximum absolute atomic E-state index is 12.1. The summed E-state index contributed by atoms with van der Waals surface area (Å²) in [4.78, 5) is 0.201. The van der Waals surface area contributed by atoms with Gasteiger partial charge in [0.15, 0.2) is 15.0 Å². The standard InChI is InChI=1S/C17H14Cl2N2O3S/c1-24-15-8-7-11(9-13(15)18)21-14(10-17(19)20-21)12-5-3-4-6-16(12)25(2,22)23/h3-10H,1-2H3. The Balaban J connectivity index is 2.24. The van der Waals surface area contributed by atoms with Crippen molar-refractivity contribution >= 4 is 33.0 Å². The molecule has 0 saturated carbocycles. The normalized spacial score (nSPS) is 11.5. The molecule has 0 bridgehead atoms. The topological polar surface area (TPSA) is 61.2 Å². The van der Waals surface area contributed by atoms with E-state index in [2.05, 4.69) is 5.10 Å². The van der Waals surface area contributed by atoms with Crippen molar-refractivity contribution in [1.29, 1.82) is 0 Å². The van der Waals surface area contributed by atoms with Crippen molar-refractivity contribution in [2.45, 2.75) is 4.90 Å². The quantitative estimate of drug-likeness (QED) is 0.660. The second-order valence-corrected chi connectivity index (χ2v) is 8.13. The smallest absolute Gasteiger partial charge is 0.176 e. The fraction of sp³-hybridized carbons (Fsp3) is 0.118. The summed E-state index contributed by atoms with van der Waals surface area (Å²) in [6, 6.07) is 13.5. The van der Waals surface area contributed by atoms with E-state index in [0.717, 1.165) is 0 Å². The van der Waals surface area contributed by atoms with E-state index in [-0.39, 0.29) is 10.0 Å². The molecule has 0 amide bonds. The first kappa shape index (κ1) is 17.8. The Bertz CT molecular complexity index is 1050. The Morgan fingerprint density at radius 1 is 1.08 bits per heavy atom. The molecule has 0 unspecified atom stereocenters. The summed E-state index contributed by atoms with van der Waals surface area (Å²) in [5, 5.41) is 4.92. The second-order valence-electron chi connectivity index (χ2n) is 5.35. The van der Waals surface area contributed by atoms with Crippen LogP contribution in [0.2, 0.25) is 10.2 Å². The summed E-state index contributed by atoms with van der Waals surface area (Å²) in [5.74, 6) is 0.529. The summed E-state index contributed by atoms with van der Waals surface area (Å²) < 4.78 is 30.9. The number of rotatable bonds is 4. The molecule has 0 N–H and O–H groups in total. The second kappa shape index (κ2) is 6.71. The van der Waals surface area contributed by atoms with E-state index in [1.807, 2.05) is 0 Å². The Hall–Kier alpha value is -2.02. The molecule has 1 aromatic heterocycles. The molecule has 0 spiro atoms. The predicted molar refractivity (Wildman–Crippen MR) is 98.7 cm³/mol. The predicted octanol–water partition coefficient (Wildman–Crippen LogP) is 4.26. The van der Waals surface area contributed by atoms with E-state index in [1.54, 1.807) is 53.2 Å². The zero-order valence-electron chi connectivity index (χ0n) is 13.4. The number of aromatic nitrogens is 2. The van der Waals surface area contributed by atoms with Gasteiger partial charge in [-0.1, -0.05) is 41.4 Å². The molecule has 3 rings (SSSR count). The Morgan fingerprint density at radius 3 is 2.44 bits per heavy atom. The highest BCUT2D eigenvalue weighted by molar-refractivity contribution is 7.90. The van der Waals surface area contributed by atoms with Crippen LogP contribution < -0.4 is 4.74 Å². The van der Waals surface area contributed by atoms with Crippen LogP contribution in [-0.2, 0) is 9.84 Å². The first-order valence-electron chi connectivity index (χ1n) is 7.20. The molecule has 8 heteroatoms. The number of hydrogen-bond acceptors (Lipinski definition) is 4. The summed E-state index contributed by atoms with van der Waals surface area (Å²) in [6.07, 6.45) is 1.17. The van der Waals surface area contributed by atoms with Crippen LogP contribution in [0, 0.1) is 0 Å². The van der Waals surface area contributed by atoms with Crippen LogP contribution in [0.4, 0.5) is 0 Å². The molecule has 2 aromatic carbocycles. The number of nitrogens with zero attached hydrogens (tertiary/aromatic N) is 2. The molecule has 0 fully saturated rings. The van der Waals surface area contributed by atoms with Crippen LogP contribution in [0.15, 0.2) is 53.4 Å². The molecular weight excluding hydrogens is 383 g/mol. The molecule has 1 heterocycles. The molecule has 0 aliphatic heterocycles. The van der Waals surface area contributed by atoms with Crippen LogP contribution in [0.25, 0.3) is 16.9 Å². The molecular formula is C17H14Cl2N2O3S. The third-order valence-corrected chi connectivity index (χ3v) is 5.26. The van der Waals surface area contributed by atoms with E-state index < -0.39 is 9.84 Å². The number of halogens is 2. The highest BCUT2D eigenvalue weighted by Gasteiger charge is 2.19. The van der Waals surface area contributed by atoms with Crippen LogP contribution >= 0.6 is 23.2 Å². The molecule has 0 radical (unpaired) electrons. The summed E-state index contributed by atoms with van der Waals surface area (Å²) in [7, 11) is -1.89. The average Bonchev–Trinajstić information content (AvgIpc) is 2.96. The molecule has 25 heavy (non-hydrogen) atoms. The molecule has 0 atom stereocenters. The molecule has 130 valence electrons. The number of benzene rings is 2. The van der Waals surface area contributed by atoms with Gasteiger partial charge in [-0.25, -0.2) is 13.1 Å². The zero-order valence-corrected chi connectivity index (χ0v) is 15.7. The van der Waals surface area contributed by atoms with Gasteiger partial charge in [0, 0.05) is 17.9 Å². The summed E-state index contributed by atoms with van der Waals surface area (Å²) in [6.45, 7) is 0. The van der Waals surface area contributed by atoms with Gasteiger partial charge >= 0.3 is 0 Å². The van der Waals surface area contributed by atoms with Crippen molar-refractivity contribution in [2.24, 2.45) is 0 Å².